The van der Waals surface area contributed by atoms with Crippen LogP contribution in [-0.2, 0) is 31.8 Å². The van der Waals surface area contributed by atoms with E-state index in [1.807, 2.05) is 41.3 Å². The average Bonchev–Trinajstić information content (AvgIpc) is 3.59. The number of carbonyl (C=O) groups is 4. The molecule has 2 aromatic rings. The maximum absolute atomic E-state index is 14.2. The van der Waals surface area contributed by atoms with Crippen LogP contribution in [0.3, 0.4) is 0 Å². The molecule has 0 unspecified atom stereocenters. The van der Waals surface area contributed by atoms with Crippen molar-refractivity contribution in [2.45, 2.75) is 88.3 Å². The Balaban J connectivity index is 1.22. The van der Waals surface area contributed by atoms with Crippen LogP contribution >= 0.6 is 0 Å². The smallest absolute Gasteiger partial charge is 0.416 e. The average molecular weight is 710 g/mol. The normalized spacial score (nSPS) is 24.1. The molecule has 0 saturated carbocycles. The molecule has 274 valence electrons. The fraction of sp³-hybridized carbons (Fsp3) is 0.526. The summed E-state index contributed by atoms with van der Waals surface area (Å²) < 4.78 is 45.4. The number of cyclic esters (lactones) is 1. The van der Waals surface area contributed by atoms with Crippen LogP contribution < -0.4 is 5.32 Å². The number of hydrogen-bond donors (Lipinski definition) is 1. The molecular weight excluding hydrogens is 663 g/mol. The van der Waals surface area contributed by atoms with Crippen molar-refractivity contribution in [2.24, 2.45) is 0 Å². The van der Waals surface area contributed by atoms with Crippen LogP contribution in [0.5, 0.6) is 0 Å². The molecule has 0 spiro atoms. The Labute approximate surface area is 296 Å². The first-order chi connectivity index (χ1) is 24.5. The zero-order chi connectivity index (χ0) is 36.2. The Morgan fingerprint density at radius 3 is 2.37 bits per heavy atom. The van der Waals surface area contributed by atoms with Crippen molar-refractivity contribution < 1.29 is 37.1 Å². The van der Waals surface area contributed by atoms with E-state index < -0.39 is 47.3 Å². The van der Waals surface area contributed by atoms with Crippen molar-refractivity contribution in [3.05, 3.63) is 77.4 Å². The first kappa shape index (κ1) is 36.4. The SMILES string of the molecule is C[C@@]1(N2CCOC2=O)C(=O)N([C@H](CCC(=O)N2CCC(N3CCCCC3)CC2)C(=O)NCc2cccc(C(F)(F)F)c2)[C@@H]1/C=C/c1ccccc1. The number of amides is 4. The van der Waals surface area contributed by atoms with E-state index in [0.29, 0.717) is 19.1 Å². The third-order valence-corrected chi connectivity index (χ3v) is 10.9. The lowest BCUT2D eigenvalue weighted by molar-refractivity contribution is -0.174. The van der Waals surface area contributed by atoms with E-state index in [4.69, 9.17) is 4.74 Å². The number of ether oxygens (including phenoxy) is 1. The van der Waals surface area contributed by atoms with Crippen molar-refractivity contribution >= 4 is 29.9 Å². The molecular formula is C38H46F3N5O5. The molecule has 4 aliphatic rings. The molecule has 4 fully saturated rings. The molecule has 6 rings (SSSR count). The summed E-state index contributed by atoms with van der Waals surface area (Å²) in [6, 6.07) is 12.6. The highest BCUT2D eigenvalue weighted by Crippen LogP contribution is 2.41. The quantitative estimate of drug-likeness (QED) is 0.327. The predicted molar refractivity (Wildman–Crippen MR) is 184 cm³/mol. The van der Waals surface area contributed by atoms with E-state index in [1.54, 1.807) is 13.0 Å². The highest BCUT2D eigenvalue weighted by Gasteiger charge is 2.64. The molecule has 4 amide bonds. The van der Waals surface area contributed by atoms with Gasteiger partial charge in [-0.2, -0.15) is 13.2 Å². The molecule has 51 heavy (non-hydrogen) atoms. The lowest BCUT2D eigenvalue weighted by atomic mass is 9.76. The fourth-order valence-corrected chi connectivity index (χ4v) is 7.93. The van der Waals surface area contributed by atoms with Crippen molar-refractivity contribution in [3.63, 3.8) is 0 Å². The topological polar surface area (TPSA) is 102 Å². The summed E-state index contributed by atoms with van der Waals surface area (Å²) in [5, 5.41) is 2.73. The summed E-state index contributed by atoms with van der Waals surface area (Å²) in [6.07, 6.45) is 3.84. The highest BCUT2D eigenvalue weighted by atomic mass is 19.4. The maximum atomic E-state index is 14.2. The number of piperidine rings is 2. The molecule has 0 aromatic heterocycles. The Morgan fingerprint density at radius 2 is 1.71 bits per heavy atom. The van der Waals surface area contributed by atoms with Gasteiger partial charge >= 0.3 is 12.3 Å². The van der Waals surface area contributed by atoms with Gasteiger partial charge in [0.05, 0.1) is 18.2 Å². The first-order valence-corrected chi connectivity index (χ1v) is 17.9. The lowest BCUT2D eigenvalue weighted by Gasteiger charge is -2.58. The third kappa shape index (κ3) is 7.93. The second-order valence-electron chi connectivity index (χ2n) is 14.0. The molecule has 1 N–H and O–H groups in total. The molecule has 3 atom stereocenters. The molecule has 13 heteroatoms. The molecule has 2 aromatic carbocycles. The Bertz CT molecular complexity index is 1610. The van der Waals surface area contributed by atoms with Gasteiger partial charge in [-0.25, -0.2) is 4.79 Å². The summed E-state index contributed by atoms with van der Waals surface area (Å²) in [7, 11) is 0. The number of carbonyl (C=O) groups excluding carboxylic acids is 4. The van der Waals surface area contributed by atoms with Crippen molar-refractivity contribution in [3.8, 4) is 0 Å². The van der Waals surface area contributed by atoms with Gasteiger partial charge in [-0.15, -0.1) is 0 Å². The van der Waals surface area contributed by atoms with Gasteiger partial charge in [0.2, 0.25) is 11.8 Å². The van der Waals surface area contributed by atoms with E-state index in [1.165, 1.54) is 41.2 Å². The van der Waals surface area contributed by atoms with Crippen LogP contribution in [0.1, 0.15) is 68.6 Å². The van der Waals surface area contributed by atoms with Gasteiger partial charge in [0.15, 0.2) is 0 Å². The molecule has 0 aliphatic carbocycles. The number of benzene rings is 2. The number of rotatable bonds is 11. The third-order valence-electron chi connectivity index (χ3n) is 10.9. The van der Waals surface area contributed by atoms with E-state index in [2.05, 4.69) is 10.2 Å². The van der Waals surface area contributed by atoms with Crippen LogP contribution in [0.4, 0.5) is 18.0 Å². The van der Waals surface area contributed by atoms with Gasteiger partial charge in [-0.05, 0) is 75.4 Å². The van der Waals surface area contributed by atoms with Crippen LogP contribution in [-0.4, -0.2) is 106 Å². The minimum atomic E-state index is -4.55. The van der Waals surface area contributed by atoms with Gasteiger partial charge in [0, 0.05) is 32.1 Å². The zero-order valence-electron chi connectivity index (χ0n) is 28.9. The van der Waals surface area contributed by atoms with E-state index in [0.717, 1.165) is 43.6 Å². The second kappa shape index (κ2) is 15.5. The van der Waals surface area contributed by atoms with Crippen molar-refractivity contribution in [1.29, 1.82) is 0 Å². The summed E-state index contributed by atoms with van der Waals surface area (Å²) in [5.74, 6) is -1.18. The van der Waals surface area contributed by atoms with Gasteiger partial charge in [0.1, 0.15) is 18.2 Å². The van der Waals surface area contributed by atoms with E-state index in [-0.39, 0.29) is 44.0 Å². The Hall–Kier alpha value is -4.39. The van der Waals surface area contributed by atoms with E-state index >= 15 is 0 Å². The molecule has 0 radical (unpaired) electrons. The van der Waals surface area contributed by atoms with Gasteiger partial charge in [0.25, 0.3) is 5.91 Å². The van der Waals surface area contributed by atoms with Crippen molar-refractivity contribution in [2.75, 3.05) is 39.3 Å². The Morgan fingerprint density at radius 1 is 0.980 bits per heavy atom. The van der Waals surface area contributed by atoms with Crippen LogP contribution in [0.15, 0.2) is 60.7 Å². The largest absolute Gasteiger partial charge is 0.448 e. The second-order valence-corrected chi connectivity index (χ2v) is 14.0. The van der Waals surface area contributed by atoms with Crippen LogP contribution in [0, 0.1) is 0 Å². The fourth-order valence-electron chi connectivity index (χ4n) is 7.93. The number of alkyl halides is 3. The molecule has 10 nitrogen and oxygen atoms in total. The standard InChI is InChI=1S/C38H46F3N5O5/c1-37(45-23-24-51-36(45)50)32(15-13-27-9-4-2-5-10-27)46(35(37)49)31(34(48)42-26-28-11-8-12-29(25-28)38(39,40)41)14-16-33(47)44-21-17-30(18-22-44)43-19-6-3-7-20-43/h2,4-5,8-13,15,25,30-32H,3,6-7,14,16-24,26H2,1H3,(H,42,48)/b15-13+/t31-,32-,37+/m1/s1. The minimum absolute atomic E-state index is 0.00124. The zero-order valence-corrected chi connectivity index (χ0v) is 28.9. The van der Waals surface area contributed by atoms with Gasteiger partial charge in [-0.3, -0.25) is 19.3 Å². The molecule has 4 saturated heterocycles. The molecule has 0 bridgehead atoms. The first-order valence-electron chi connectivity index (χ1n) is 17.9. The number of hydrogen-bond acceptors (Lipinski definition) is 6. The summed E-state index contributed by atoms with van der Waals surface area (Å²) in [4.78, 5) is 61.7. The predicted octanol–water partition coefficient (Wildman–Crippen LogP) is 5.08. The lowest BCUT2D eigenvalue weighted by Crippen LogP contribution is -2.81. The summed E-state index contributed by atoms with van der Waals surface area (Å²) in [5.41, 5.74) is -1.10. The maximum Gasteiger partial charge on any atom is 0.416 e. The van der Waals surface area contributed by atoms with Gasteiger partial charge < -0.3 is 24.8 Å². The van der Waals surface area contributed by atoms with Crippen LogP contribution in [0.2, 0.25) is 0 Å². The molecule has 4 heterocycles. The monoisotopic (exact) mass is 709 g/mol. The Kier molecular flexibility index (Phi) is 11.0. The number of nitrogens with one attached hydrogen (secondary N) is 1. The van der Waals surface area contributed by atoms with Crippen LogP contribution in [0.25, 0.3) is 6.08 Å². The highest BCUT2D eigenvalue weighted by molar-refractivity contribution is 6.01. The summed E-state index contributed by atoms with van der Waals surface area (Å²) >= 11 is 0. The van der Waals surface area contributed by atoms with Gasteiger partial charge in [-0.1, -0.05) is 61.0 Å². The molecule has 4 aliphatic heterocycles. The summed E-state index contributed by atoms with van der Waals surface area (Å²) in [6.45, 7) is 5.18. The number of β-lactam (4-membered cyclic amide) rings is 1. The number of halogens is 3. The van der Waals surface area contributed by atoms with E-state index in [9.17, 15) is 32.3 Å². The minimum Gasteiger partial charge on any atom is -0.448 e. The van der Waals surface area contributed by atoms with Crippen molar-refractivity contribution in [1.82, 2.24) is 24.9 Å². The number of nitrogens with zero attached hydrogens (tertiary/aromatic N) is 4. The number of likely N-dealkylation sites (tertiary alicyclic amines) is 3.